The summed E-state index contributed by atoms with van der Waals surface area (Å²) < 4.78 is 0. The first kappa shape index (κ1) is 11.5. The van der Waals surface area contributed by atoms with Crippen molar-refractivity contribution < 1.29 is 0 Å². The lowest BCUT2D eigenvalue weighted by Crippen LogP contribution is -2.08. The van der Waals surface area contributed by atoms with Crippen LogP contribution in [0.5, 0.6) is 0 Å². The molecule has 0 radical (unpaired) electrons. The van der Waals surface area contributed by atoms with E-state index >= 15 is 0 Å². The molecule has 1 aliphatic rings. The minimum absolute atomic E-state index is 0.316. The Kier molecular flexibility index (Phi) is 2.74. The van der Waals surface area contributed by atoms with E-state index in [9.17, 15) is 0 Å². The summed E-state index contributed by atoms with van der Waals surface area (Å²) in [5.74, 6) is 0.617. The zero-order valence-electron chi connectivity index (χ0n) is 11.2. The summed E-state index contributed by atoms with van der Waals surface area (Å²) in [5.41, 5.74) is 4.71. The molecule has 0 bridgehead atoms. The van der Waals surface area contributed by atoms with Gasteiger partial charge in [-0.25, -0.2) is 0 Å². The highest BCUT2D eigenvalue weighted by Crippen LogP contribution is 2.53. The molecule has 0 aliphatic heterocycles. The first-order valence-electron chi connectivity index (χ1n) is 6.88. The first-order valence-corrected chi connectivity index (χ1v) is 6.88. The molecule has 1 fully saturated rings. The van der Waals surface area contributed by atoms with E-state index in [0.29, 0.717) is 11.3 Å². The lowest BCUT2D eigenvalue weighted by molar-refractivity contribution is 0.833. The second-order valence-electron chi connectivity index (χ2n) is 5.72. The van der Waals surface area contributed by atoms with Gasteiger partial charge in [0, 0.05) is 5.41 Å². The maximum atomic E-state index is 2.33. The maximum absolute atomic E-state index is 2.33. The van der Waals surface area contributed by atoms with Gasteiger partial charge in [-0.05, 0) is 35.4 Å². The molecule has 1 aliphatic carbocycles. The second kappa shape index (κ2) is 4.28. The molecule has 0 spiro atoms. The van der Waals surface area contributed by atoms with E-state index in [1.807, 2.05) is 0 Å². The molecule has 0 nitrogen and oxygen atoms in total. The van der Waals surface area contributed by atoms with Crippen LogP contribution in [0.4, 0.5) is 0 Å². The summed E-state index contributed by atoms with van der Waals surface area (Å²) >= 11 is 0. The van der Waals surface area contributed by atoms with Gasteiger partial charge in [-0.3, -0.25) is 0 Å². The van der Waals surface area contributed by atoms with Crippen molar-refractivity contribution in [3.8, 4) is 0 Å². The van der Waals surface area contributed by atoms with Gasteiger partial charge >= 0.3 is 0 Å². The molecule has 0 aromatic heterocycles. The Hall–Kier alpha value is -1.56. The number of hydrogen-bond acceptors (Lipinski definition) is 0. The summed E-state index contributed by atoms with van der Waals surface area (Å²) in [5, 5.41) is 0. The molecule has 0 heteroatoms. The SMILES string of the molecule is CC(C)c1ccc(C2(c3ccccc3)CC2)cc1. The molecular weight excluding hydrogens is 216 g/mol. The highest BCUT2D eigenvalue weighted by atomic mass is 14.5. The van der Waals surface area contributed by atoms with Gasteiger partial charge in [0.25, 0.3) is 0 Å². The van der Waals surface area contributed by atoms with E-state index in [-0.39, 0.29) is 0 Å². The molecule has 2 aromatic rings. The average molecular weight is 236 g/mol. The monoisotopic (exact) mass is 236 g/mol. The molecule has 2 aromatic carbocycles. The Bertz CT molecular complexity index is 516. The van der Waals surface area contributed by atoms with E-state index < -0.39 is 0 Å². The van der Waals surface area contributed by atoms with Gasteiger partial charge in [-0.1, -0.05) is 68.4 Å². The van der Waals surface area contributed by atoms with Crippen LogP contribution in [0.3, 0.4) is 0 Å². The van der Waals surface area contributed by atoms with Crippen molar-refractivity contribution in [2.75, 3.05) is 0 Å². The lowest BCUT2D eigenvalue weighted by Gasteiger charge is -2.17. The van der Waals surface area contributed by atoms with Gasteiger partial charge in [-0.15, -0.1) is 0 Å². The number of benzene rings is 2. The highest BCUT2D eigenvalue weighted by Gasteiger charge is 2.45. The van der Waals surface area contributed by atoms with Crippen LogP contribution in [0.1, 0.15) is 49.3 Å². The maximum Gasteiger partial charge on any atom is 0.0203 e. The molecule has 0 N–H and O–H groups in total. The Morgan fingerprint density at radius 1 is 0.778 bits per heavy atom. The van der Waals surface area contributed by atoms with Gasteiger partial charge in [0.1, 0.15) is 0 Å². The van der Waals surface area contributed by atoms with Crippen molar-refractivity contribution in [2.24, 2.45) is 0 Å². The largest absolute Gasteiger partial charge is 0.0622 e. The van der Waals surface area contributed by atoms with Gasteiger partial charge in [0.15, 0.2) is 0 Å². The fourth-order valence-electron chi connectivity index (χ4n) is 2.81. The average Bonchev–Trinajstić information content (AvgIpc) is 3.21. The molecule has 92 valence electrons. The predicted molar refractivity (Wildman–Crippen MR) is 77.0 cm³/mol. The van der Waals surface area contributed by atoms with E-state index in [2.05, 4.69) is 68.4 Å². The van der Waals surface area contributed by atoms with E-state index in [4.69, 9.17) is 0 Å². The summed E-state index contributed by atoms with van der Waals surface area (Å²) in [7, 11) is 0. The normalized spacial score (nSPS) is 16.8. The standard InChI is InChI=1S/C18H20/c1-14(2)15-8-10-17(11-9-15)18(12-13-18)16-6-4-3-5-7-16/h3-11,14H,12-13H2,1-2H3. The van der Waals surface area contributed by atoms with Crippen LogP contribution in [-0.4, -0.2) is 0 Å². The zero-order chi connectivity index (χ0) is 12.6. The minimum Gasteiger partial charge on any atom is -0.0622 e. The fourth-order valence-corrected chi connectivity index (χ4v) is 2.81. The van der Waals surface area contributed by atoms with Crippen LogP contribution in [0.25, 0.3) is 0 Å². The zero-order valence-corrected chi connectivity index (χ0v) is 11.2. The van der Waals surface area contributed by atoms with Crippen molar-refractivity contribution in [3.05, 3.63) is 71.3 Å². The van der Waals surface area contributed by atoms with Gasteiger partial charge in [-0.2, -0.15) is 0 Å². The third kappa shape index (κ3) is 1.86. The molecule has 18 heavy (non-hydrogen) atoms. The Morgan fingerprint density at radius 3 is 1.83 bits per heavy atom. The van der Waals surface area contributed by atoms with Crippen molar-refractivity contribution in [1.29, 1.82) is 0 Å². The Labute approximate surface area is 110 Å². The van der Waals surface area contributed by atoms with Crippen LogP contribution in [0, 0.1) is 0 Å². The molecule has 0 amide bonds. The molecule has 1 saturated carbocycles. The fraction of sp³-hybridized carbons (Fsp3) is 0.333. The third-order valence-corrected chi connectivity index (χ3v) is 4.21. The minimum atomic E-state index is 0.316. The van der Waals surface area contributed by atoms with Gasteiger partial charge in [0.2, 0.25) is 0 Å². The quantitative estimate of drug-likeness (QED) is 0.711. The molecule has 0 heterocycles. The van der Waals surface area contributed by atoms with E-state index in [1.165, 1.54) is 29.5 Å². The van der Waals surface area contributed by atoms with Crippen molar-refractivity contribution >= 4 is 0 Å². The summed E-state index contributed by atoms with van der Waals surface area (Å²) in [6.07, 6.45) is 2.58. The molecular formula is C18H20. The molecule has 3 rings (SSSR count). The Morgan fingerprint density at radius 2 is 1.33 bits per heavy atom. The van der Waals surface area contributed by atoms with Crippen LogP contribution in [-0.2, 0) is 5.41 Å². The van der Waals surface area contributed by atoms with Crippen LogP contribution < -0.4 is 0 Å². The smallest absolute Gasteiger partial charge is 0.0203 e. The topological polar surface area (TPSA) is 0 Å². The van der Waals surface area contributed by atoms with Gasteiger partial charge < -0.3 is 0 Å². The van der Waals surface area contributed by atoms with E-state index in [0.717, 1.165) is 0 Å². The third-order valence-electron chi connectivity index (χ3n) is 4.21. The summed E-state index contributed by atoms with van der Waals surface area (Å²) in [6, 6.07) is 20.2. The number of hydrogen-bond donors (Lipinski definition) is 0. The van der Waals surface area contributed by atoms with Gasteiger partial charge in [0.05, 0.1) is 0 Å². The summed E-state index contributed by atoms with van der Waals surface area (Å²) in [6.45, 7) is 4.50. The predicted octanol–water partition coefficient (Wildman–Crippen LogP) is 4.89. The molecule has 0 unspecified atom stereocenters. The van der Waals surface area contributed by atoms with Crippen molar-refractivity contribution in [3.63, 3.8) is 0 Å². The van der Waals surface area contributed by atoms with E-state index in [1.54, 1.807) is 0 Å². The van der Waals surface area contributed by atoms with Crippen molar-refractivity contribution in [2.45, 2.75) is 38.0 Å². The van der Waals surface area contributed by atoms with Crippen LogP contribution >= 0.6 is 0 Å². The molecule has 0 saturated heterocycles. The van der Waals surface area contributed by atoms with Crippen molar-refractivity contribution in [1.82, 2.24) is 0 Å². The lowest BCUT2D eigenvalue weighted by atomic mass is 9.87. The second-order valence-corrected chi connectivity index (χ2v) is 5.72. The van der Waals surface area contributed by atoms with Crippen LogP contribution in [0.15, 0.2) is 54.6 Å². The Balaban J connectivity index is 1.95. The highest BCUT2D eigenvalue weighted by molar-refractivity contribution is 5.45. The first-order chi connectivity index (χ1) is 8.72. The summed E-state index contributed by atoms with van der Waals surface area (Å²) in [4.78, 5) is 0. The number of rotatable bonds is 3. The molecule has 0 atom stereocenters. The van der Waals surface area contributed by atoms with Crippen LogP contribution in [0.2, 0.25) is 0 Å².